The van der Waals surface area contributed by atoms with E-state index in [0.717, 1.165) is 11.8 Å². The third-order valence-corrected chi connectivity index (χ3v) is 4.36. The first-order valence-corrected chi connectivity index (χ1v) is 7.66. The number of carbonyl (C=O) groups is 1. The normalized spacial score (nSPS) is 21.3. The number of hydrogen-bond donors (Lipinski definition) is 1. The van der Waals surface area contributed by atoms with E-state index in [1.807, 2.05) is 4.90 Å². The Hall–Kier alpha value is -2.35. The molecule has 2 aromatic rings. The van der Waals surface area contributed by atoms with Crippen molar-refractivity contribution < 1.29 is 18.7 Å². The molecule has 1 aliphatic rings. The van der Waals surface area contributed by atoms with Crippen LogP contribution >= 0.6 is 0 Å². The highest BCUT2D eigenvalue weighted by Gasteiger charge is 2.36. The van der Waals surface area contributed by atoms with E-state index in [4.69, 9.17) is 5.11 Å². The Labute approximate surface area is 137 Å². The smallest absolute Gasteiger partial charge is 0.303 e. The van der Waals surface area contributed by atoms with Crippen LogP contribution in [0.4, 0.5) is 8.78 Å². The lowest BCUT2D eigenvalue weighted by Crippen LogP contribution is -2.21. The summed E-state index contributed by atoms with van der Waals surface area (Å²) in [6, 6.07) is 3.51. The van der Waals surface area contributed by atoms with E-state index in [1.165, 1.54) is 12.1 Å². The molecular weight excluding hydrogens is 318 g/mol. The fourth-order valence-electron chi connectivity index (χ4n) is 3.28. The molecule has 1 fully saturated rings. The number of aliphatic carboxylic acids is 1. The van der Waals surface area contributed by atoms with Crippen LogP contribution in [0.25, 0.3) is 0 Å². The first-order chi connectivity index (χ1) is 11.4. The molecule has 0 aliphatic carbocycles. The van der Waals surface area contributed by atoms with E-state index < -0.39 is 17.6 Å². The Morgan fingerprint density at radius 2 is 2.17 bits per heavy atom. The van der Waals surface area contributed by atoms with Crippen LogP contribution < -0.4 is 0 Å². The van der Waals surface area contributed by atoms with Crippen LogP contribution in [-0.4, -0.2) is 44.1 Å². The Bertz CT molecular complexity index is 749. The van der Waals surface area contributed by atoms with Gasteiger partial charge in [-0.05, 0) is 12.0 Å². The summed E-state index contributed by atoms with van der Waals surface area (Å²) in [5.41, 5.74) is 1.14. The van der Waals surface area contributed by atoms with Crippen LogP contribution in [-0.2, 0) is 18.4 Å². The minimum Gasteiger partial charge on any atom is -0.481 e. The van der Waals surface area contributed by atoms with Gasteiger partial charge in [-0.1, -0.05) is 11.3 Å². The average molecular weight is 336 g/mol. The molecule has 0 unspecified atom stereocenters. The molecule has 0 spiro atoms. The highest BCUT2D eigenvalue weighted by atomic mass is 19.1. The van der Waals surface area contributed by atoms with Gasteiger partial charge in [-0.3, -0.25) is 14.4 Å². The van der Waals surface area contributed by atoms with Crippen molar-refractivity contribution in [3.05, 3.63) is 47.3 Å². The Morgan fingerprint density at radius 1 is 1.38 bits per heavy atom. The minimum absolute atomic E-state index is 0.0175. The lowest BCUT2D eigenvalue weighted by molar-refractivity contribution is -0.138. The Balaban J connectivity index is 1.77. The van der Waals surface area contributed by atoms with Crippen molar-refractivity contribution in [2.24, 2.45) is 13.0 Å². The van der Waals surface area contributed by atoms with Crippen molar-refractivity contribution in [2.75, 3.05) is 13.1 Å². The van der Waals surface area contributed by atoms with Gasteiger partial charge in [-0.25, -0.2) is 8.78 Å². The number of benzene rings is 1. The summed E-state index contributed by atoms with van der Waals surface area (Å²) in [7, 11) is 1.75. The number of rotatable bonds is 5. The van der Waals surface area contributed by atoms with Crippen molar-refractivity contribution in [1.29, 1.82) is 0 Å². The standard InChI is InChI=1S/C16H18F2N4O2/c1-21-9-15(19-20-21)13-8-22(7-11(13)4-16(23)24)6-10-2-3-12(17)5-14(10)18/h2-3,5,9,11,13H,4,6-8H2,1H3,(H,23,24)/t11-,13+/m0/s1. The van der Waals surface area contributed by atoms with Crippen LogP contribution in [0.2, 0.25) is 0 Å². The number of aromatic nitrogens is 3. The van der Waals surface area contributed by atoms with Crippen molar-refractivity contribution >= 4 is 5.97 Å². The van der Waals surface area contributed by atoms with Gasteiger partial charge in [-0.15, -0.1) is 5.10 Å². The second-order valence-electron chi connectivity index (χ2n) is 6.21. The summed E-state index contributed by atoms with van der Waals surface area (Å²) < 4.78 is 28.4. The number of carboxylic acids is 1. The molecular formula is C16H18F2N4O2. The van der Waals surface area contributed by atoms with Crippen LogP contribution in [0, 0.1) is 17.6 Å². The quantitative estimate of drug-likeness (QED) is 0.901. The third-order valence-electron chi connectivity index (χ3n) is 4.36. The lowest BCUT2D eigenvalue weighted by atomic mass is 9.91. The number of hydrogen-bond acceptors (Lipinski definition) is 4. The highest BCUT2D eigenvalue weighted by molar-refractivity contribution is 5.67. The summed E-state index contributed by atoms with van der Waals surface area (Å²) in [5, 5.41) is 17.1. The zero-order valence-corrected chi connectivity index (χ0v) is 13.2. The monoisotopic (exact) mass is 336 g/mol. The summed E-state index contributed by atoms with van der Waals surface area (Å²) in [4.78, 5) is 13.1. The predicted molar refractivity (Wildman–Crippen MR) is 81.1 cm³/mol. The molecule has 6 nitrogen and oxygen atoms in total. The average Bonchev–Trinajstić information content (AvgIpc) is 3.08. The SMILES string of the molecule is Cn1cc([C@@H]2CN(Cc3ccc(F)cc3F)C[C@@H]2CC(=O)O)nn1. The molecule has 2 atom stereocenters. The fourth-order valence-corrected chi connectivity index (χ4v) is 3.28. The van der Waals surface area contributed by atoms with Crippen molar-refractivity contribution in [1.82, 2.24) is 19.9 Å². The van der Waals surface area contributed by atoms with E-state index >= 15 is 0 Å². The van der Waals surface area contributed by atoms with E-state index in [0.29, 0.717) is 25.2 Å². The third kappa shape index (κ3) is 3.59. The molecule has 0 amide bonds. The molecule has 0 bridgehead atoms. The molecule has 24 heavy (non-hydrogen) atoms. The van der Waals surface area contributed by atoms with Gasteiger partial charge in [0.1, 0.15) is 11.6 Å². The number of halogens is 2. The lowest BCUT2D eigenvalue weighted by Gasteiger charge is -2.16. The molecule has 1 aromatic heterocycles. The summed E-state index contributed by atoms with van der Waals surface area (Å²) in [6.45, 7) is 1.39. The van der Waals surface area contributed by atoms with Crippen molar-refractivity contribution in [3.8, 4) is 0 Å². The van der Waals surface area contributed by atoms with Gasteiger partial charge in [0.15, 0.2) is 0 Å². The molecule has 8 heteroatoms. The van der Waals surface area contributed by atoms with Crippen LogP contribution in [0.5, 0.6) is 0 Å². The maximum atomic E-state index is 13.8. The molecule has 3 rings (SSSR count). The fraction of sp³-hybridized carbons (Fsp3) is 0.438. The van der Waals surface area contributed by atoms with Crippen LogP contribution in [0.3, 0.4) is 0 Å². The first-order valence-electron chi connectivity index (χ1n) is 7.66. The van der Waals surface area contributed by atoms with E-state index in [1.54, 1.807) is 17.9 Å². The van der Waals surface area contributed by atoms with Gasteiger partial charge < -0.3 is 5.11 Å². The van der Waals surface area contributed by atoms with E-state index in [9.17, 15) is 13.6 Å². The molecule has 1 aromatic carbocycles. The highest BCUT2D eigenvalue weighted by Crippen LogP contribution is 2.34. The molecule has 1 saturated heterocycles. The largest absolute Gasteiger partial charge is 0.481 e. The molecule has 2 heterocycles. The maximum Gasteiger partial charge on any atom is 0.303 e. The van der Waals surface area contributed by atoms with Crippen LogP contribution in [0.1, 0.15) is 23.6 Å². The second-order valence-corrected chi connectivity index (χ2v) is 6.21. The first kappa shape index (κ1) is 16.5. The van der Waals surface area contributed by atoms with Crippen molar-refractivity contribution in [3.63, 3.8) is 0 Å². The molecule has 1 aliphatic heterocycles. The van der Waals surface area contributed by atoms with Crippen LogP contribution in [0.15, 0.2) is 24.4 Å². The molecule has 0 radical (unpaired) electrons. The number of carboxylic acid groups (broad SMARTS) is 1. The summed E-state index contributed by atoms with van der Waals surface area (Å²) in [5.74, 6) is -2.27. The topological polar surface area (TPSA) is 71.2 Å². The van der Waals surface area contributed by atoms with Gasteiger partial charge in [0, 0.05) is 50.4 Å². The minimum atomic E-state index is -0.872. The predicted octanol–water partition coefficient (Wildman–Crippen LogP) is 1.78. The van der Waals surface area contributed by atoms with Gasteiger partial charge in [0.05, 0.1) is 12.1 Å². The zero-order valence-electron chi connectivity index (χ0n) is 13.2. The zero-order chi connectivity index (χ0) is 17.3. The molecule has 0 saturated carbocycles. The Morgan fingerprint density at radius 3 is 2.79 bits per heavy atom. The van der Waals surface area contributed by atoms with Gasteiger partial charge >= 0.3 is 5.97 Å². The number of nitrogens with zero attached hydrogens (tertiary/aromatic N) is 4. The molecule has 128 valence electrons. The van der Waals surface area contributed by atoms with E-state index in [2.05, 4.69) is 10.3 Å². The Kier molecular flexibility index (Phi) is 4.57. The summed E-state index contributed by atoms with van der Waals surface area (Å²) in [6.07, 6.45) is 1.80. The summed E-state index contributed by atoms with van der Waals surface area (Å²) >= 11 is 0. The molecule has 1 N–H and O–H groups in total. The van der Waals surface area contributed by atoms with Gasteiger partial charge in [-0.2, -0.15) is 0 Å². The maximum absolute atomic E-state index is 13.8. The van der Waals surface area contributed by atoms with E-state index in [-0.39, 0.29) is 18.3 Å². The van der Waals surface area contributed by atoms with Crippen molar-refractivity contribution in [2.45, 2.75) is 18.9 Å². The number of aryl methyl sites for hydroxylation is 1. The second kappa shape index (κ2) is 6.64. The number of likely N-dealkylation sites (tertiary alicyclic amines) is 1. The van der Waals surface area contributed by atoms with Gasteiger partial charge in [0.25, 0.3) is 0 Å². The van der Waals surface area contributed by atoms with Gasteiger partial charge in [0.2, 0.25) is 0 Å².